The Morgan fingerprint density at radius 3 is 0.818 bits per heavy atom. The Balaban J connectivity index is 1.02. The van der Waals surface area contributed by atoms with Gasteiger partial charge >= 0.3 is 5.97 Å². The van der Waals surface area contributed by atoms with Crippen molar-refractivity contribution >= 4 is 5.97 Å². The Kier molecular flexibility index (Phi) is 23.3. The SMILES string of the molecule is C=C(C)C(=O)OCc1cn(CC2OC3OC4C(CO)OC(OC5C(CO)OC(OC6C(CO)OC(OC7C(CO)OC(OC8C(CO)OC(OC9C(CO)OC(OC2C(O)C3O)C(O)C9O)C(O)C8O)C(O)C7O)C(O)C6O)C(O)C5O)C(O)C4O)nn1. The highest BCUT2D eigenvalue weighted by Gasteiger charge is 2.59. The van der Waals surface area contributed by atoms with Crippen LogP contribution in [0, 0.1) is 0 Å². The zero-order valence-corrected chi connectivity index (χ0v) is 46.5. The number of aliphatic hydroxyl groups excluding tert-OH is 20. The smallest absolute Gasteiger partial charge is 0.333 e. The number of ether oxygens (including phenoxy) is 15. The number of rotatable bonds is 11. The maximum Gasteiger partial charge on any atom is 0.333 e. The lowest BCUT2D eigenvalue weighted by molar-refractivity contribution is -0.396. The van der Waals surface area contributed by atoms with Crippen molar-refractivity contribution in [2.75, 3.05) is 39.6 Å². The quantitative estimate of drug-likeness (QED) is 0.0723. The molecular formula is C49H77N3O36. The Bertz CT molecular complexity index is 2390. The molecule has 39 heteroatoms. The van der Waals surface area contributed by atoms with Crippen molar-refractivity contribution in [1.29, 1.82) is 0 Å². The van der Waals surface area contributed by atoms with Gasteiger partial charge in [0, 0.05) is 5.57 Å². The second kappa shape index (κ2) is 29.5. The van der Waals surface area contributed by atoms with E-state index in [1.807, 2.05) is 0 Å². The molecule has 20 N–H and O–H groups in total. The average Bonchev–Trinajstić information content (AvgIpc) is 1.23. The summed E-state index contributed by atoms with van der Waals surface area (Å²) in [5, 5.41) is 232. The van der Waals surface area contributed by atoms with Crippen LogP contribution < -0.4 is 0 Å². The summed E-state index contributed by atoms with van der Waals surface area (Å²) in [5.74, 6) is -0.773. The molecule has 21 aliphatic heterocycles. The standard InChI is InChI=1S/C49H77N3O36/c1-12(2)42(73)74-11-13-3-52(51-50-13)4-14-35-21(59)28(66)43(75-14)83-36-15(5-53)77-45(30(68)23(36)61)85-38-17(7-55)79-47(32(70)25(38)63)87-40-19(9-57)81-49(34(72)27(40)65)88-41-20(10-58)80-48(33(71)26(41)64)86-39-18(8-56)78-46(31(69)24(39)62)84-37-16(6-54)76-44(82-35)29(67)22(37)60/h3,14-41,43-49,53-72H,1,4-11H2,2H3. The molecule has 35 unspecified atom stereocenters. The minimum absolute atomic E-state index is 0.0561. The van der Waals surface area contributed by atoms with E-state index >= 15 is 0 Å². The van der Waals surface area contributed by atoms with Crippen LogP contribution in [-0.4, -0.2) is 378 Å². The van der Waals surface area contributed by atoms with Crippen molar-refractivity contribution in [3.63, 3.8) is 0 Å². The fourth-order valence-corrected chi connectivity index (χ4v) is 11.4. The van der Waals surface area contributed by atoms with Gasteiger partial charge < -0.3 is 173 Å². The van der Waals surface area contributed by atoms with Gasteiger partial charge in [-0.1, -0.05) is 11.8 Å². The van der Waals surface area contributed by atoms with Gasteiger partial charge in [-0.2, -0.15) is 0 Å². The molecule has 0 aromatic carbocycles. The largest absolute Gasteiger partial charge is 0.456 e. The molecule has 14 bridgehead atoms. The first-order chi connectivity index (χ1) is 41.9. The van der Waals surface area contributed by atoms with Crippen molar-refractivity contribution in [1.82, 2.24) is 15.0 Å². The van der Waals surface area contributed by atoms with Crippen LogP contribution in [0.25, 0.3) is 0 Å². The normalized spacial score (nSPS) is 49.8. The van der Waals surface area contributed by atoms with Crippen LogP contribution in [0.2, 0.25) is 0 Å². The molecule has 0 spiro atoms. The van der Waals surface area contributed by atoms with E-state index in [0.29, 0.717) is 0 Å². The van der Waals surface area contributed by atoms with E-state index in [-0.39, 0.29) is 11.3 Å². The molecule has 0 radical (unpaired) electrons. The van der Waals surface area contributed by atoms with Crippen LogP contribution >= 0.6 is 0 Å². The second-order valence-electron chi connectivity index (χ2n) is 22.3. The van der Waals surface area contributed by atoms with Crippen molar-refractivity contribution < 1.29 is 178 Å². The van der Waals surface area contributed by atoms with E-state index in [1.54, 1.807) is 0 Å². The highest BCUT2D eigenvalue weighted by molar-refractivity contribution is 5.86. The molecular weight excluding hydrogens is 1210 g/mol. The topological polar surface area (TPSA) is 591 Å². The van der Waals surface area contributed by atoms with Crippen molar-refractivity contribution in [2.24, 2.45) is 0 Å². The zero-order valence-electron chi connectivity index (χ0n) is 46.5. The van der Waals surface area contributed by atoms with Crippen LogP contribution in [0.1, 0.15) is 12.6 Å². The fraction of sp³-hybridized carbons (Fsp3) is 0.898. The molecule has 22 heterocycles. The van der Waals surface area contributed by atoms with Crippen molar-refractivity contribution in [3.05, 3.63) is 24.0 Å². The lowest BCUT2D eigenvalue weighted by Crippen LogP contribution is -2.68. The highest BCUT2D eigenvalue weighted by atomic mass is 16.8. The number of hydrogen-bond donors (Lipinski definition) is 20. The van der Waals surface area contributed by atoms with Gasteiger partial charge in [0.2, 0.25) is 0 Å². The highest BCUT2D eigenvalue weighted by Crippen LogP contribution is 2.39. The monoisotopic (exact) mass is 1280 g/mol. The molecule has 1 aromatic rings. The number of hydrogen-bond acceptors (Lipinski definition) is 38. The van der Waals surface area contributed by atoms with Gasteiger partial charge in [0.25, 0.3) is 0 Å². The van der Waals surface area contributed by atoms with E-state index in [0.717, 1.165) is 4.68 Å². The van der Waals surface area contributed by atoms with Gasteiger partial charge in [-0.3, -0.25) is 0 Å². The molecule has 504 valence electrons. The Morgan fingerprint density at radius 2 is 0.602 bits per heavy atom. The lowest BCUT2D eigenvalue weighted by Gasteiger charge is -2.50. The maximum atomic E-state index is 12.1. The molecule has 1 aromatic heterocycles. The fourth-order valence-electron chi connectivity index (χ4n) is 11.4. The minimum atomic E-state index is -2.26. The summed E-state index contributed by atoms with van der Waals surface area (Å²) in [7, 11) is 0. The van der Waals surface area contributed by atoms with Gasteiger partial charge in [-0.05, 0) is 6.92 Å². The molecule has 39 nitrogen and oxygen atoms in total. The summed E-state index contributed by atoms with van der Waals surface area (Å²) in [5.41, 5.74) is 0.116. The number of nitrogens with zero attached hydrogens (tertiary/aromatic N) is 3. The van der Waals surface area contributed by atoms with E-state index in [1.165, 1.54) is 13.1 Å². The number of esters is 1. The van der Waals surface area contributed by atoms with Gasteiger partial charge in [0.1, 0.15) is 183 Å². The molecule has 21 aliphatic rings. The summed E-state index contributed by atoms with van der Waals surface area (Å²) >= 11 is 0. The molecule has 0 saturated carbocycles. The Hall–Kier alpha value is -3.01. The lowest BCUT2D eigenvalue weighted by atomic mass is 9.95. The maximum absolute atomic E-state index is 12.1. The van der Waals surface area contributed by atoms with Crippen LogP contribution in [-0.2, 0) is 89.0 Å². The van der Waals surface area contributed by atoms with Crippen molar-refractivity contribution in [2.45, 2.75) is 235 Å². The third kappa shape index (κ3) is 14.1. The van der Waals surface area contributed by atoms with Crippen LogP contribution in [0.4, 0.5) is 0 Å². The molecule has 21 saturated heterocycles. The molecule has 21 fully saturated rings. The van der Waals surface area contributed by atoms with E-state index < -0.39 is 274 Å². The summed E-state index contributed by atoms with van der Waals surface area (Å²) in [6, 6.07) is 0. The average molecular weight is 1280 g/mol. The van der Waals surface area contributed by atoms with Crippen molar-refractivity contribution in [3.8, 4) is 0 Å². The third-order valence-electron chi connectivity index (χ3n) is 16.3. The predicted molar refractivity (Wildman–Crippen MR) is 266 cm³/mol. The summed E-state index contributed by atoms with van der Waals surface area (Å²) in [6.45, 7) is -2.48. The molecule has 22 rings (SSSR count). The first-order valence-corrected chi connectivity index (χ1v) is 27.9. The zero-order chi connectivity index (χ0) is 63.9. The van der Waals surface area contributed by atoms with Crippen LogP contribution in [0.3, 0.4) is 0 Å². The molecule has 35 atom stereocenters. The molecule has 0 amide bonds. The Morgan fingerprint density at radius 1 is 0.386 bits per heavy atom. The minimum Gasteiger partial charge on any atom is -0.456 e. The van der Waals surface area contributed by atoms with Gasteiger partial charge in [0.05, 0.1) is 52.4 Å². The van der Waals surface area contributed by atoms with Gasteiger partial charge in [0.15, 0.2) is 44.0 Å². The number of aliphatic hydroxyl groups is 20. The first kappa shape index (κ1) is 69.3. The number of aromatic nitrogens is 3. The van der Waals surface area contributed by atoms with Gasteiger partial charge in [-0.15, -0.1) is 5.10 Å². The van der Waals surface area contributed by atoms with E-state index in [9.17, 15) is 107 Å². The van der Waals surface area contributed by atoms with E-state index in [2.05, 4.69) is 16.9 Å². The molecule has 0 aliphatic carbocycles. The van der Waals surface area contributed by atoms with Crippen LogP contribution in [0.5, 0.6) is 0 Å². The van der Waals surface area contributed by atoms with Gasteiger partial charge in [-0.25, -0.2) is 9.48 Å². The summed E-state index contributed by atoms with van der Waals surface area (Å²) in [6.07, 6.45) is -70.0. The number of carbonyl (C=O) groups excluding carboxylic acids is 1. The second-order valence-corrected chi connectivity index (χ2v) is 22.3. The predicted octanol–water partition coefficient (Wildman–Crippen LogP) is -14.3. The number of carbonyl (C=O) groups is 1. The molecule has 88 heavy (non-hydrogen) atoms. The Labute approximate surface area is 496 Å². The summed E-state index contributed by atoms with van der Waals surface area (Å²) < 4.78 is 87.4. The third-order valence-corrected chi connectivity index (χ3v) is 16.3. The summed E-state index contributed by atoms with van der Waals surface area (Å²) in [4.78, 5) is 12.1. The van der Waals surface area contributed by atoms with E-state index in [4.69, 9.17) is 71.1 Å². The van der Waals surface area contributed by atoms with Crippen LogP contribution in [0.15, 0.2) is 18.3 Å². The first-order valence-electron chi connectivity index (χ1n) is 27.9.